The van der Waals surface area contributed by atoms with Gasteiger partial charge >= 0.3 is 0 Å². The number of hydrogen-bond donors (Lipinski definition) is 0. The minimum absolute atomic E-state index is 0.693. The molecule has 0 unspecified atom stereocenters. The second-order valence-electron chi connectivity index (χ2n) is 4.70. The van der Waals surface area contributed by atoms with Crippen molar-refractivity contribution < 1.29 is 9.15 Å². The maximum Gasteiger partial charge on any atom is 0.182 e. The molecule has 1 aromatic heterocycles. The molecule has 0 aliphatic rings. The molecular weight excluding hydrogens is 442 g/mol. The number of hydrogen-bond acceptors (Lipinski definition) is 4. The van der Waals surface area contributed by atoms with Crippen molar-refractivity contribution in [3.8, 4) is 28.3 Å². The Morgan fingerprint density at radius 3 is 2.48 bits per heavy atom. The number of thioether (sulfide) groups is 1. The Morgan fingerprint density at radius 1 is 1.13 bits per heavy atom. The van der Waals surface area contributed by atoms with E-state index in [0.29, 0.717) is 5.76 Å². The van der Waals surface area contributed by atoms with E-state index in [0.717, 1.165) is 36.4 Å². The molecule has 2 aromatic carbocycles. The van der Waals surface area contributed by atoms with Crippen LogP contribution in [0.15, 0.2) is 61.0 Å². The molecule has 3 nitrogen and oxygen atoms in total. The summed E-state index contributed by atoms with van der Waals surface area (Å²) in [7, 11) is 1.65. The number of methoxy groups -OCH3 is 1. The van der Waals surface area contributed by atoms with Crippen LogP contribution in [0.5, 0.6) is 5.75 Å². The largest absolute Gasteiger partial charge is 0.496 e. The second-order valence-corrected chi connectivity index (χ2v) is 7.23. The summed E-state index contributed by atoms with van der Waals surface area (Å²) in [6.45, 7) is 0. The van der Waals surface area contributed by atoms with Gasteiger partial charge in [0, 0.05) is 19.4 Å². The van der Waals surface area contributed by atoms with Crippen LogP contribution in [-0.4, -0.2) is 18.3 Å². The molecule has 0 aliphatic carbocycles. The Labute approximate surface area is 155 Å². The first-order chi connectivity index (χ1) is 11.2. The van der Waals surface area contributed by atoms with Crippen LogP contribution in [0.25, 0.3) is 22.6 Å². The molecule has 0 fully saturated rings. The number of nitrogens with zero attached hydrogens (tertiary/aromatic N) is 1. The third-order valence-electron chi connectivity index (χ3n) is 3.39. The minimum Gasteiger partial charge on any atom is -0.496 e. The van der Waals surface area contributed by atoms with Crippen molar-refractivity contribution in [2.24, 2.45) is 0 Å². The van der Waals surface area contributed by atoms with Crippen LogP contribution in [-0.2, 0) is 0 Å². The van der Waals surface area contributed by atoms with E-state index in [1.54, 1.807) is 18.9 Å². The predicted molar refractivity (Wildman–Crippen MR) is 101 cm³/mol. The highest BCUT2D eigenvalue weighted by molar-refractivity contribution is 9.11. The normalized spacial score (nSPS) is 10.8. The SMILES string of the molecule is COc1ccccc1-c1ocnc1-c1cc(Br)c(SC)c(Br)c1. The summed E-state index contributed by atoms with van der Waals surface area (Å²) in [6.07, 6.45) is 3.50. The van der Waals surface area contributed by atoms with E-state index in [1.165, 1.54) is 6.39 Å². The van der Waals surface area contributed by atoms with Gasteiger partial charge in [0.25, 0.3) is 0 Å². The monoisotopic (exact) mass is 453 g/mol. The van der Waals surface area contributed by atoms with Gasteiger partial charge in [-0.05, 0) is 62.4 Å². The van der Waals surface area contributed by atoms with Gasteiger partial charge in [0.1, 0.15) is 11.4 Å². The summed E-state index contributed by atoms with van der Waals surface area (Å²) in [4.78, 5) is 5.55. The van der Waals surface area contributed by atoms with Gasteiger partial charge in [-0.1, -0.05) is 12.1 Å². The van der Waals surface area contributed by atoms with Crippen LogP contribution in [0.2, 0.25) is 0 Å². The molecule has 0 saturated heterocycles. The zero-order valence-corrected chi connectivity index (χ0v) is 16.5. The molecule has 23 heavy (non-hydrogen) atoms. The van der Waals surface area contributed by atoms with Crippen molar-refractivity contribution in [3.63, 3.8) is 0 Å². The lowest BCUT2D eigenvalue weighted by atomic mass is 10.1. The van der Waals surface area contributed by atoms with Gasteiger partial charge in [0.15, 0.2) is 12.2 Å². The third-order valence-corrected chi connectivity index (χ3v) is 6.02. The van der Waals surface area contributed by atoms with Crippen LogP contribution in [0.1, 0.15) is 0 Å². The summed E-state index contributed by atoms with van der Waals surface area (Å²) in [5.74, 6) is 1.45. The first-order valence-corrected chi connectivity index (χ1v) is 9.57. The first-order valence-electron chi connectivity index (χ1n) is 6.76. The van der Waals surface area contributed by atoms with E-state index in [4.69, 9.17) is 9.15 Å². The molecule has 0 amide bonds. The molecule has 118 valence electrons. The van der Waals surface area contributed by atoms with Crippen molar-refractivity contribution in [3.05, 3.63) is 51.7 Å². The summed E-state index contributed by atoms with van der Waals surface area (Å²) < 4.78 is 13.1. The topological polar surface area (TPSA) is 35.3 Å². The van der Waals surface area contributed by atoms with Gasteiger partial charge in [-0.15, -0.1) is 11.8 Å². The van der Waals surface area contributed by atoms with Gasteiger partial charge in [-0.2, -0.15) is 0 Å². The van der Waals surface area contributed by atoms with Crippen molar-refractivity contribution in [1.29, 1.82) is 0 Å². The van der Waals surface area contributed by atoms with Gasteiger partial charge in [0.05, 0.1) is 12.7 Å². The van der Waals surface area contributed by atoms with E-state index < -0.39 is 0 Å². The van der Waals surface area contributed by atoms with Crippen molar-refractivity contribution in [1.82, 2.24) is 4.98 Å². The quantitative estimate of drug-likeness (QED) is 0.435. The Bertz CT molecular complexity index is 825. The molecule has 0 atom stereocenters. The highest BCUT2D eigenvalue weighted by Gasteiger charge is 2.18. The van der Waals surface area contributed by atoms with Crippen LogP contribution < -0.4 is 4.74 Å². The average molecular weight is 455 g/mol. The second kappa shape index (κ2) is 7.11. The van der Waals surface area contributed by atoms with Gasteiger partial charge in [-0.3, -0.25) is 0 Å². The van der Waals surface area contributed by atoms with E-state index >= 15 is 0 Å². The molecule has 1 heterocycles. The number of benzene rings is 2. The predicted octanol–water partition coefficient (Wildman–Crippen LogP) is 6.26. The number of para-hydroxylation sites is 1. The fourth-order valence-corrected chi connectivity index (χ4v) is 5.03. The lowest BCUT2D eigenvalue weighted by molar-refractivity contribution is 0.414. The molecule has 0 bridgehead atoms. The Kier molecular flexibility index (Phi) is 5.14. The van der Waals surface area contributed by atoms with Gasteiger partial charge < -0.3 is 9.15 Å². The van der Waals surface area contributed by atoms with Crippen molar-refractivity contribution >= 4 is 43.6 Å². The van der Waals surface area contributed by atoms with Gasteiger partial charge in [-0.25, -0.2) is 4.98 Å². The van der Waals surface area contributed by atoms with Crippen molar-refractivity contribution in [2.75, 3.05) is 13.4 Å². The zero-order valence-electron chi connectivity index (χ0n) is 12.5. The number of halogens is 2. The van der Waals surface area contributed by atoms with Gasteiger partial charge in [0.2, 0.25) is 0 Å². The fraction of sp³-hybridized carbons (Fsp3) is 0.118. The highest BCUT2D eigenvalue weighted by Crippen LogP contribution is 2.41. The standard InChI is InChI=1S/C17H13Br2NO2S/c1-21-14-6-4-3-5-11(14)16-15(20-9-22-16)10-7-12(18)17(23-2)13(19)8-10/h3-9H,1-2H3. The summed E-state index contributed by atoms with van der Waals surface area (Å²) in [5, 5.41) is 0. The number of aromatic nitrogens is 1. The Hall–Kier alpha value is -1.24. The Balaban J connectivity index is 2.16. The molecule has 0 spiro atoms. The van der Waals surface area contributed by atoms with E-state index in [-0.39, 0.29) is 0 Å². The molecule has 0 saturated carbocycles. The smallest absolute Gasteiger partial charge is 0.182 e. The van der Waals surface area contributed by atoms with E-state index in [9.17, 15) is 0 Å². The lowest BCUT2D eigenvalue weighted by Crippen LogP contribution is -1.89. The molecule has 0 radical (unpaired) electrons. The highest BCUT2D eigenvalue weighted by atomic mass is 79.9. The minimum atomic E-state index is 0.693. The molecule has 0 N–H and O–H groups in total. The number of rotatable bonds is 4. The summed E-state index contributed by atoms with van der Waals surface area (Å²) >= 11 is 8.91. The number of oxazole rings is 1. The Morgan fingerprint density at radius 2 is 1.83 bits per heavy atom. The van der Waals surface area contributed by atoms with Crippen LogP contribution in [0.3, 0.4) is 0 Å². The molecular formula is C17H13Br2NO2S. The zero-order chi connectivity index (χ0) is 16.4. The first kappa shape index (κ1) is 16.6. The summed E-state index contributed by atoms with van der Waals surface area (Å²) in [5.41, 5.74) is 2.63. The van der Waals surface area contributed by atoms with Crippen LogP contribution >= 0.6 is 43.6 Å². The average Bonchev–Trinajstić information content (AvgIpc) is 3.04. The molecule has 3 aromatic rings. The fourth-order valence-electron chi connectivity index (χ4n) is 2.37. The maximum absolute atomic E-state index is 5.66. The molecule has 6 heteroatoms. The number of ether oxygens (including phenoxy) is 1. The maximum atomic E-state index is 5.66. The summed E-state index contributed by atoms with van der Waals surface area (Å²) in [6, 6.07) is 11.8. The molecule has 3 rings (SSSR count). The van der Waals surface area contributed by atoms with Crippen LogP contribution in [0.4, 0.5) is 0 Å². The van der Waals surface area contributed by atoms with E-state index in [1.807, 2.05) is 42.7 Å². The third kappa shape index (κ3) is 3.20. The van der Waals surface area contributed by atoms with Crippen molar-refractivity contribution in [2.45, 2.75) is 4.90 Å². The lowest BCUT2D eigenvalue weighted by Gasteiger charge is -2.09. The van der Waals surface area contributed by atoms with Crippen LogP contribution in [0, 0.1) is 0 Å². The molecule has 0 aliphatic heterocycles. The van der Waals surface area contributed by atoms with E-state index in [2.05, 4.69) is 36.8 Å².